The van der Waals surface area contributed by atoms with Crippen molar-refractivity contribution in [3.63, 3.8) is 0 Å². The molecule has 1 unspecified atom stereocenters. The number of aliphatic hydroxyl groups is 1. The van der Waals surface area contributed by atoms with Gasteiger partial charge in [-0.25, -0.2) is 4.79 Å². The maximum absolute atomic E-state index is 13.4. The van der Waals surface area contributed by atoms with Gasteiger partial charge in [-0.05, 0) is 55.0 Å². The highest BCUT2D eigenvalue weighted by atomic mass is 35.5. The fourth-order valence-electron chi connectivity index (χ4n) is 7.04. The first kappa shape index (κ1) is 34.2. The van der Waals surface area contributed by atoms with E-state index in [1.807, 2.05) is 66.3 Å². The molecule has 0 aliphatic carbocycles. The van der Waals surface area contributed by atoms with Crippen LogP contribution >= 0.6 is 23.4 Å². The van der Waals surface area contributed by atoms with Crippen molar-refractivity contribution < 1.29 is 24.1 Å². The van der Waals surface area contributed by atoms with Crippen LogP contribution in [0.4, 0.5) is 0 Å². The van der Waals surface area contributed by atoms with Crippen LogP contribution in [0.3, 0.4) is 0 Å². The molecule has 1 aliphatic rings. The summed E-state index contributed by atoms with van der Waals surface area (Å²) in [4.78, 5) is 14.5. The number of fused-ring (bicyclic) bond motifs is 8. The Bertz CT molecular complexity index is 2240. The second kappa shape index (κ2) is 14.1. The molecule has 3 aromatic carbocycles. The fraction of sp³-hybridized carbons (Fsp3) is 0.342. The molecule has 7 rings (SSSR count). The van der Waals surface area contributed by atoms with Crippen LogP contribution in [-0.2, 0) is 49.4 Å². The number of aromatic nitrogens is 5. The molecule has 4 heterocycles. The van der Waals surface area contributed by atoms with E-state index < -0.39 is 12.1 Å². The minimum absolute atomic E-state index is 0.0988. The number of nitrogens with zero attached hydrogens (tertiary/aromatic N) is 5. The highest BCUT2D eigenvalue weighted by Gasteiger charge is 2.30. The smallest absolute Gasteiger partial charge is 0.354 e. The third-order valence-electron chi connectivity index (χ3n) is 9.57. The summed E-state index contributed by atoms with van der Waals surface area (Å²) in [6, 6.07) is 18.4. The van der Waals surface area contributed by atoms with Crippen molar-refractivity contribution in [2.75, 3.05) is 20.3 Å². The van der Waals surface area contributed by atoms with Crippen LogP contribution < -0.4 is 4.74 Å². The number of methoxy groups -OCH3 is 1. The lowest BCUT2D eigenvalue weighted by molar-refractivity contribution is 0.0184. The summed E-state index contributed by atoms with van der Waals surface area (Å²) in [6.07, 6.45) is 1.01. The Labute approximate surface area is 299 Å². The zero-order valence-electron chi connectivity index (χ0n) is 28.8. The third kappa shape index (κ3) is 6.17. The number of esters is 1. The number of hydrogen-bond acceptors (Lipinski definition) is 8. The van der Waals surface area contributed by atoms with E-state index in [1.54, 1.807) is 11.8 Å². The van der Waals surface area contributed by atoms with E-state index in [1.165, 1.54) is 7.11 Å². The van der Waals surface area contributed by atoms with Crippen LogP contribution in [0, 0.1) is 6.92 Å². The topological polar surface area (TPSA) is 106 Å². The number of aliphatic hydroxyl groups excluding tert-OH is 1. The maximum atomic E-state index is 13.4. The monoisotopic (exact) mass is 713 g/mol. The molecular weight excluding hydrogens is 674 g/mol. The molecule has 10 nitrogen and oxygen atoms in total. The number of hydrogen-bond donors (Lipinski definition) is 1. The molecule has 8 bridgehead atoms. The molecule has 1 aliphatic heterocycles. The van der Waals surface area contributed by atoms with E-state index in [2.05, 4.69) is 30.3 Å². The van der Waals surface area contributed by atoms with Crippen molar-refractivity contribution in [1.29, 1.82) is 0 Å². The molecule has 12 heteroatoms. The number of carbonyl (C=O) groups is 1. The summed E-state index contributed by atoms with van der Waals surface area (Å²) in [6.45, 7) is 2.57. The lowest BCUT2D eigenvalue weighted by Gasteiger charge is -2.18. The predicted octanol–water partition coefficient (Wildman–Crippen LogP) is 7.47. The van der Waals surface area contributed by atoms with Gasteiger partial charge in [0.2, 0.25) is 0 Å². The average Bonchev–Trinajstić information content (AvgIpc) is 3.72. The molecule has 0 spiro atoms. The highest BCUT2D eigenvalue weighted by molar-refractivity contribution is 7.98. The molecule has 3 aromatic heterocycles. The van der Waals surface area contributed by atoms with Crippen molar-refractivity contribution in [2.24, 2.45) is 21.1 Å². The minimum Gasteiger partial charge on any atom is -0.493 e. The number of aryl methyl sites for hydroxylation is 4. The number of ether oxygens (including phenoxy) is 3. The van der Waals surface area contributed by atoms with Gasteiger partial charge >= 0.3 is 5.97 Å². The number of thioether (sulfide) groups is 1. The molecule has 0 radical (unpaired) electrons. The first-order valence-electron chi connectivity index (χ1n) is 16.6. The fourth-order valence-corrected chi connectivity index (χ4v) is 8.27. The maximum Gasteiger partial charge on any atom is 0.354 e. The largest absolute Gasteiger partial charge is 0.493 e. The van der Waals surface area contributed by atoms with E-state index >= 15 is 0 Å². The summed E-state index contributed by atoms with van der Waals surface area (Å²) in [5.74, 6) is 1.11. The molecule has 1 N–H and O–H groups in total. The first-order valence-corrected chi connectivity index (χ1v) is 18.0. The Morgan fingerprint density at radius 3 is 2.68 bits per heavy atom. The van der Waals surface area contributed by atoms with Gasteiger partial charge in [-0.2, -0.15) is 10.2 Å². The summed E-state index contributed by atoms with van der Waals surface area (Å²) >= 11 is 8.81. The van der Waals surface area contributed by atoms with Gasteiger partial charge in [0.1, 0.15) is 17.5 Å². The zero-order chi connectivity index (χ0) is 35.1. The third-order valence-corrected chi connectivity index (χ3v) is 10.9. The van der Waals surface area contributed by atoms with Crippen molar-refractivity contribution in [1.82, 2.24) is 24.1 Å². The van der Waals surface area contributed by atoms with Gasteiger partial charge in [-0.15, -0.1) is 11.8 Å². The number of rotatable bonds is 3. The van der Waals surface area contributed by atoms with Gasteiger partial charge in [0.05, 0.1) is 42.3 Å². The van der Waals surface area contributed by atoms with Crippen LogP contribution in [0.25, 0.3) is 32.8 Å². The Balaban J connectivity index is 1.40. The van der Waals surface area contributed by atoms with Gasteiger partial charge in [0, 0.05) is 78.1 Å². The molecule has 1 atom stereocenters. The Hall–Kier alpha value is -4.29. The van der Waals surface area contributed by atoms with Gasteiger partial charge in [0.15, 0.2) is 0 Å². The molecule has 50 heavy (non-hydrogen) atoms. The van der Waals surface area contributed by atoms with E-state index in [0.717, 1.165) is 66.1 Å². The summed E-state index contributed by atoms with van der Waals surface area (Å²) in [7, 11) is 7.09. The van der Waals surface area contributed by atoms with E-state index in [4.69, 9.17) is 36.0 Å². The lowest BCUT2D eigenvalue weighted by Crippen LogP contribution is -2.11. The quantitative estimate of drug-likeness (QED) is 0.188. The Morgan fingerprint density at radius 1 is 1.06 bits per heavy atom. The van der Waals surface area contributed by atoms with Crippen LogP contribution in [0.2, 0.25) is 5.02 Å². The van der Waals surface area contributed by atoms with Crippen LogP contribution in [-0.4, -0.2) is 55.5 Å². The van der Waals surface area contributed by atoms with Gasteiger partial charge < -0.3 is 23.9 Å². The van der Waals surface area contributed by atoms with Crippen molar-refractivity contribution in [3.05, 3.63) is 93.7 Å². The number of halogens is 1. The molecule has 0 saturated heterocycles. The molecule has 0 fully saturated rings. The second-order valence-corrected chi connectivity index (χ2v) is 14.1. The number of benzene rings is 3. The average molecular weight is 714 g/mol. The first-order chi connectivity index (χ1) is 24.2. The van der Waals surface area contributed by atoms with Crippen molar-refractivity contribution in [2.45, 2.75) is 49.5 Å². The van der Waals surface area contributed by atoms with Crippen LogP contribution in [0.5, 0.6) is 5.75 Å². The summed E-state index contributed by atoms with van der Waals surface area (Å²) in [5.41, 5.74) is 7.06. The van der Waals surface area contributed by atoms with E-state index in [-0.39, 0.29) is 13.2 Å². The van der Waals surface area contributed by atoms with Crippen LogP contribution in [0.15, 0.2) is 59.5 Å². The van der Waals surface area contributed by atoms with Crippen molar-refractivity contribution >= 4 is 51.0 Å². The lowest BCUT2D eigenvalue weighted by atomic mass is 9.96. The molecule has 260 valence electrons. The highest BCUT2D eigenvalue weighted by Crippen LogP contribution is 2.44. The molecule has 0 amide bonds. The van der Waals surface area contributed by atoms with Gasteiger partial charge in [-0.3, -0.25) is 9.36 Å². The van der Waals surface area contributed by atoms with E-state index in [9.17, 15) is 9.90 Å². The van der Waals surface area contributed by atoms with Crippen LogP contribution in [0.1, 0.15) is 57.8 Å². The zero-order valence-corrected chi connectivity index (χ0v) is 30.4. The molecular formula is C38H40ClN5O5S. The van der Waals surface area contributed by atoms with E-state index in [0.29, 0.717) is 48.0 Å². The normalized spacial score (nSPS) is 15.5. The Morgan fingerprint density at radius 2 is 1.88 bits per heavy atom. The summed E-state index contributed by atoms with van der Waals surface area (Å²) < 4.78 is 23.9. The minimum atomic E-state index is -0.553. The summed E-state index contributed by atoms with van der Waals surface area (Å²) in [5, 5.41) is 23.4. The SMILES string of the molecule is COC(=O)c1c2c3ccc(Cl)c(c3n1C)-c1c(nn(C)c1C)C(CCO)OCc1cc(n(C)n1)CSc1cc(c3ccccc3c1)OCCC2. The van der Waals surface area contributed by atoms with Crippen molar-refractivity contribution in [3.8, 4) is 16.9 Å². The second-order valence-electron chi connectivity index (χ2n) is 12.6. The molecule has 0 saturated carbocycles. The number of carbonyl (C=O) groups excluding carboxylic acids is 1. The van der Waals surface area contributed by atoms with Gasteiger partial charge in [0.25, 0.3) is 0 Å². The Kier molecular flexibility index (Phi) is 9.67. The standard InChI is InChI=1S/C38H40ClN5O5S/c1-22-33-34-30(39)13-12-29-28(37(38(46)47-5)42(2)36(29)34)11-8-16-48-32-19-26(17-23-9-6-7-10-27(23)32)50-21-25-18-24(40-44(25)4)20-49-31(14-15-45)35(33)41-43(22)3/h6-7,9-10,12-13,17-19,31,45H,8,11,14-16,20-21H2,1-5H3. The van der Waals surface area contributed by atoms with Gasteiger partial charge in [-0.1, -0.05) is 41.9 Å². The molecule has 6 aromatic rings. The predicted molar refractivity (Wildman–Crippen MR) is 196 cm³/mol.